The van der Waals surface area contributed by atoms with Gasteiger partial charge in [-0.1, -0.05) is 48.0 Å². The van der Waals surface area contributed by atoms with Crippen LogP contribution in [0.25, 0.3) is 0 Å². The molecule has 0 saturated heterocycles. The number of hydrogen-bond acceptors (Lipinski definition) is 6. The fourth-order valence-corrected chi connectivity index (χ4v) is 6.36. The number of nitrogens with zero attached hydrogens (tertiary/aromatic N) is 2. The van der Waals surface area contributed by atoms with Crippen molar-refractivity contribution in [1.29, 1.82) is 0 Å². The summed E-state index contributed by atoms with van der Waals surface area (Å²) in [5.41, 5.74) is -0.293. The maximum Gasteiger partial charge on any atom is 0.270 e. The van der Waals surface area contributed by atoms with Crippen molar-refractivity contribution >= 4 is 54.8 Å². The van der Waals surface area contributed by atoms with Crippen LogP contribution in [0.3, 0.4) is 0 Å². The van der Waals surface area contributed by atoms with Gasteiger partial charge in [0, 0.05) is 13.8 Å². The van der Waals surface area contributed by atoms with E-state index in [1.807, 2.05) is 0 Å². The fraction of sp³-hybridized carbons (Fsp3) is 0.0909. The third-order valence-electron chi connectivity index (χ3n) is 4.52. The first-order valence-corrected chi connectivity index (χ1v) is 12.7. The van der Waals surface area contributed by atoms with Crippen LogP contribution in [0.1, 0.15) is 13.8 Å². The second-order valence-electron chi connectivity index (χ2n) is 6.84. The molecule has 3 rings (SSSR count). The summed E-state index contributed by atoms with van der Waals surface area (Å²) >= 11 is 6.32. The zero-order valence-electron chi connectivity index (χ0n) is 17.5. The Kier molecular flexibility index (Phi) is 6.92. The Hall–Kier alpha value is -3.21. The molecule has 0 N–H and O–H groups in total. The molecule has 0 bridgehead atoms. The predicted octanol–water partition coefficient (Wildman–Crippen LogP) is 3.82. The van der Waals surface area contributed by atoms with Crippen molar-refractivity contribution in [3.8, 4) is 0 Å². The Morgan fingerprint density at radius 2 is 1.09 bits per heavy atom. The van der Waals surface area contributed by atoms with E-state index in [0.717, 1.165) is 19.9 Å². The number of benzene rings is 3. The lowest BCUT2D eigenvalue weighted by Gasteiger charge is -2.25. The van der Waals surface area contributed by atoms with Crippen LogP contribution < -0.4 is 8.61 Å². The molecule has 0 spiro atoms. The van der Waals surface area contributed by atoms with E-state index in [4.69, 9.17) is 11.6 Å². The van der Waals surface area contributed by atoms with Gasteiger partial charge in [0.15, 0.2) is 0 Å². The van der Waals surface area contributed by atoms with Gasteiger partial charge in [-0.3, -0.25) is 9.59 Å². The molecule has 0 aliphatic heterocycles. The van der Waals surface area contributed by atoms with Gasteiger partial charge in [-0.25, -0.2) is 25.4 Å². The first kappa shape index (κ1) is 24.4. The fourth-order valence-electron chi connectivity index (χ4n) is 3.14. The van der Waals surface area contributed by atoms with Gasteiger partial charge in [-0.2, -0.15) is 0 Å². The van der Waals surface area contributed by atoms with E-state index in [1.54, 1.807) is 12.1 Å². The highest BCUT2D eigenvalue weighted by atomic mass is 35.5. The summed E-state index contributed by atoms with van der Waals surface area (Å²) < 4.78 is 53.4. The molecule has 0 heterocycles. The topological polar surface area (TPSA) is 109 Å². The van der Waals surface area contributed by atoms with Crippen LogP contribution >= 0.6 is 11.6 Å². The molecule has 0 atom stereocenters. The quantitative estimate of drug-likeness (QED) is 0.502. The monoisotopic (exact) mass is 506 g/mol. The molecular formula is C22H19ClN2O6S2. The molecule has 11 heteroatoms. The Labute approximate surface area is 197 Å². The first-order chi connectivity index (χ1) is 15.5. The Balaban J connectivity index is 2.12. The summed E-state index contributed by atoms with van der Waals surface area (Å²) in [6.07, 6.45) is 0. The second kappa shape index (κ2) is 9.34. The molecular weight excluding hydrogens is 488 g/mol. The summed E-state index contributed by atoms with van der Waals surface area (Å²) in [7, 11) is -8.56. The van der Waals surface area contributed by atoms with E-state index in [-0.39, 0.29) is 26.2 Å². The lowest BCUT2D eigenvalue weighted by molar-refractivity contribution is -0.116. The van der Waals surface area contributed by atoms with Crippen LogP contribution in [-0.4, -0.2) is 28.6 Å². The Morgan fingerprint density at radius 1 is 0.667 bits per heavy atom. The van der Waals surface area contributed by atoms with Gasteiger partial charge in [-0.15, -0.1) is 0 Å². The van der Waals surface area contributed by atoms with Crippen LogP contribution in [0.5, 0.6) is 0 Å². The number of amides is 2. The van der Waals surface area contributed by atoms with E-state index < -0.39 is 31.9 Å². The van der Waals surface area contributed by atoms with E-state index in [0.29, 0.717) is 8.61 Å². The Morgan fingerprint density at radius 3 is 1.48 bits per heavy atom. The smallest absolute Gasteiger partial charge is 0.270 e. The van der Waals surface area contributed by atoms with E-state index in [9.17, 15) is 26.4 Å². The van der Waals surface area contributed by atoms with Gasteiger partial charge in [0.25, 0.3) is 20.0 Å². The van der Waals surface area contributed by atoms with Crippen molar-refractivity contribution < 1.29 is 26.4 Å². The highest BCUT2D eigenvalue weighted by Gasteiger charge is 2.32. The van der Waals surface area contributed by atoms with Gasteiger partial charge in [0.05, 0.1) is 26.2 Å². The van der Waals surface area contributed by atoms with Crippen LogP contribution in [0.2, 0.25) is 5.02 Å². The molecule has 8 nitrogen and oxygen atoms in total. The molecule has 0 radical (unpaired) electrons. The second-order valence-corrected chi connectivity index (χ2v) is 10.8. The molecule has 3 aromatic carbocycles. The van der Waals surface area contributed by atoms with Gasteiger partial charge < -0.3 is 0 Å². The zero-order chi connectivity index (χ0) is 24.4. The highest BCUT2D eigenvalue weighted by molar-refractivity contribution is 7.94. The standard InChI is InChI=1S/C22H19ClN2O6S2/c1-16(26)24(32(28,29)19-9-5-3-6-10-19)18-13-14-22(21(23)15-18)25(17(2)27)33(30,31)20-11-7-4-8-12-20/h3-15H,1-2H3. The summed E-state index contributed by atoms with van der Waals surface area (Å²) in [5, 5.41) is -0.239. The minimum Gasteiger partial charge on any atom is -0.274 e. The molecule has 3 aromatic rings. The lowest BCUT2D eigenvalue weighted by Crippen LogP contribution is -2.36. The number of anilines is 2. The summed E-state index contributed by atoms with van der Waals surface area (Å²) in [5.74, 6) is -1.63. The van der Waals surface area contributed by atoms with Crippen molar-refractivity contribution in [2.75, 3.05) is 8.61 Å². The molecule has 0 unspecified atom stereocenters. The molecule has 0 aliphatic carbocycles. The van der Waals surface area contributed by atoms with Crippen molar-refractivity contribution in [1.82, 2.24) is 0 Å². The van der Waals surface area contributed by atoms with Crippen molar-refractivity contribution in [3.63, 3.8) is 0 Å². The van der Waals surface area contributed by atoms with E-state index >= 15 is 0 Å². The van der Waals surface area contributed by atoms with Crippen LogP contribution in [0, 0.1) is 0 Å². The maximum atomic E-state index is 13.1. The summed E-state index contributed by atoms with van der Waals surface area (Å²) in [6.45, 7) is 2.14. The number of carbonyl (C=O) groups excluding carboxylic acids is 2. The number of rotatable bonds is 6. The molecule has 0 aliphatic rings. The molecule has 0 aromatic heterocycles. The molecule has 172 valence electrons. The van der Waals surface area contributed by atoms with Crippen LogP contribution in [0.15, 0.2) is 88.7 Å². The zero-order valence-corrected chi connectivity index (χ0v) is 19.9. The third-order valence-corrected chi connectivity index (χ3v) is 8.44. The van der Waals surface area contributed by atoms with Crippen molar-refractivity contribution in [2.24, 2.45) is 0 Å². The molecule has 33 heavy (non-hydrogen) atoms. The van der Waals surface area contributed by atoms with Gasteiger partial charge >= 0.3 is 0 Å². The average molecular weight is 507 g/mol. The molecule has 0 saturated carbocycles. The third kappa shape index (κ3) is 4.77. The summed E-state index contributed by atoms with van der Waals surface area (Å²) in [4.78, 5) is 24.4. The number of sulfonamides is 2. The number of halogens is 1. The van der Waals surface area contributed by atoms with Gasteiger partial charge in [0.2, 0.25) is 11.8 Å². The molecule has 0 fully saturated rings. The largest absolute Gasteiger partial charge is 0.274 e. The van der Waals surface area contributed by atoms with Gasteiger partial charge in [-0.05, 0) is 42.5 Å². The normalized spacial score (nSPS) is 11.6. The van der Waals surface area contributed by atoms with E-state index in [1.165, 1.54) is 60.7 Å². The number of carbonyl (C=O) groups is 2. The SMILES string of the molecule is CC(=O)N(c1ccc(N(C(C)=O)S(=O)(=O)c2ccccc2)c(Cl)c1)S(=O)(=O)c1ccccc1. The summed E-state index contributed by atoms with van der Waals surface area (Å²) in [6, 6.07) is 18.1. The minimum atomic E-state index is -4.30. The predicted molar refractivity (Wildman–Crippen MR) is 125 cm³/mol. The van der Waals surface area contributed by atoms with Gasteiger partial charge in [0.1, 0.15) is 0 Å². The van der Waals surface area contributed by atoms with E-state index in [2.05, 4.69) is 0 Å². The minimum absolute atomic E-state index is 0.110. The van der Waals surface area contributed by atoms with Crippen molar-refractivity contribution in [2.45, 2.75) is 23.6 Å². The molecule has 2 amide bonds. The first-order valence-electron chi connectivity index (χ1n) is 9.49. The maximum absolute atomic E-state index is 13.1. The Bertz CT molecular complexity index is 1410. The van der Waals surface area contributed by atoms with Crippen LogP contribution in [0.4, 0.5) is 11.4 Å². The highest BCUT2D eigenvalue weighted by Crippen LogP contribution is 2.35. The average Bonchev–Trinajstić information content (AvgIpc) is 2.76. The number of hydrogen-bond donors (Lipinski definition) is 0. The van der Waals surface area contributed by atoms with Crippen LogP contribution in [-0.2, 0) is 29.6 Å². The lowest BCUT2D eigenvalue weighted by atomic mass is 10.2. The van der Waals surface area contributed by atoms with Crippen molar-refractivity contribution in [3.05, 3.63) is 83.9 Å².